The van der Waals surface area contributed by atoms with Crippen LogP contribution in [0.5, 0.6) is 0 Å². The molecule has 0 N–H and O–H groups in total. The Morgan fingerprint density at radius 1 is 0.471 bits per heavy atom. The average Bonchev–Trinajstić information content (AvgIpc) is 2.92. The van der Waals surface area contributed by atoms with Crippen LogP contribution in [0.4, 0.5) is 0 Å². The van der Waals surface area contributed by atoms with Crippen molar-refractivity contribution in [3.63, 3.8) is 0 Å². The summed E-state index contributed by atoms with van der Waals surface area (Å²) in [5.41, 5.74) is 6.10. The fourth-order valence-electron chi connectivity index (χ4n) is 3.64. The Morgan fingerprint density at radius 2 is 0.765 bits per heavy atom. The van der Waals surface area contributed by atoms with Gasteiger partial charge in [0.15, 0.2) is 0 Å². The second-order valence-corrected chi connectivity index (χ2v) is 20.6. The number of benzene rings is 4. The van der Waals surface area contributed by atoms with Gasteiger partial charge in [-0.25, -0.2) is 0 Å². The van der Waals surface area contributed by atoms with E-state index in [1.54, 1.807) is 0 Å². The van der Waals surface area contributed by atoms with Gasteiger partial charge in [-0.2, -0.15) is 0 Å². The molecule has 0 heterocycles. The summed E-state index contributed by atoms with van der Waals surface area (Å²) in [6, 6.07) is 36.3. The van der Waals surface area contributed by atoms with Crippen LogP contribution in [0, 0.1) is 0 Å². The summed E-state index contributed by atoms with van der Waals surface area (Å²) in [5.74, 6) is 0.443. The quantitative estimate of drug-likeness (QED) is 0.141. The van der Waals surface area contributed by atoms with E-state index in [0.29, 0.717) is 0 Å². The molecule has 0 radical (unpaired) electrons. The van der Waals surface area contributed by atoms with Crippen LogP contribution >= 0.6 is 0 Å². The summed E-state index contributed by atoms with van der Waals surface area (Å²) in [7, 11) is 0. The van der Waals surface area contributed by atoms with Gasteiger partial charge >= 0.3 is 220 Å². The second-order valence-electron chi connectivity index (χ2n) is 8.09. The number of ketones is 2. The summed E-state index contributed by atoms with van der Waals surface area (Å²) < 4.78 is 0.122. The van der Waals surface area contributed by atoms with Gasteiger partial charge in [-0.05, 0) is 0 Å². The molecule has 0 aliphatic heterocycles. The molecule has 0 aliphatic rings. The third kappa shape index (κ3) is 6.27. The molecule has 2 unspecified atom stereocenters. The van der Waals surface area contributed by atoms with Crippen molar-refractivity contribution in [1.29, 1.82) is 0 Å². The van der Waals surface area contributed by atoms with Gasteiger partial charge in [0.25, 0.3) is 0 Å². The Kier molecular flexibility index (Phi) is 8.77. The molecule has 2 atom stereocenters. The molecule has 0 aromatic heterocycles. The predicted octanol–water partition coefficient (Wildman–Crippen LogP) is 7.03. The zero-order chi connectivity index (χ0) is 23.9. The van der Waals surface area contributed by atoms with Crippen LogP contribution in [-0.2, 0) is 0 Å². The molecule has 170 valence electrons. The van der Waals surface area contributed by atoms with Crippen LogP contribution in [-0.4, -0.2) is 45.7 Å². The number of rotatable bonds is 9. The van der Waals surface area contributed by atoms with E-state index >= 15 is 0 Å². The molecule has 4 heteroatoms. The Morgan fingerprint density at radius 3 is 1.09 bits per heavy atom. The molecule has 2 nitrogen and oxygen atoms in total. The van der Waals surface area contributed by atoms with Crippen LogP contribution in [0.3, 0.4) is 0 Å². The molecule has 0 saturated carbocycles. The zero-order valence-electron chi connectivity index (χ0n) is 19.2. The van der Waals surface area contributed by atoms with Crippen LogP contribution < -0.4 is 0 Å². The average molecular weight is 674 g/mol. The monoisotopic (exact) mass is 678 g/mol. The predicted molar refractivity (Wildman–Crippen MR) is 143 cm³/mol. The minimum absolute atomic E-state index is 0.0612. The second kappa shape index (κ2) is 12.0. The Balaban J connectivity index is 1.32. The first-order valence-corrected chi connectivity index (χ1v) is 21.3. The van der Waals surface area contributed by atoms with E-state index in [4.69, 9.17) is 0 Å². The van der Waals surface area contributed by atoms with Crippen molar-refractivity contribution in [2.24, 2.45) is 0 Å². The van der Waals surface area contributed by atoms with E-state index < -0.39 is 34.1 Å². The SMILES string of the molecule is CC([Te][Te]C(C)C(=O)c1ccc(-c2ccccc2)cc1)C(=O)c1ccc(-c2ccccc2)cc1. The van der Waals surface area contributed by atoms with Gasteiger partial charge in [-0.3, -0.25) is 0 Å². The standard InChI is InChI=1S/C30H26O2Te2/c1-21(29(31)27-17-13-25(14-18-27)23-9-5-3-6-10-23)33-34-22(2)30(32)28-19-15-26(16-20-28)24-11-7-4-8-12-24/h3-22H,1-2H3. The van der Waals surface area contributed by atoms with Crippen molar-refractivity contribution in [2.45, 2.75) is 21.8 Å². The van der Waals surface area contributed by atoms with Crippen LogP contribution in [0.15, 0.2) is 109 Å². The maximum atomic E-state index is 13.0. The molecule has 34 heavy (non-hydrogen) atoms. The molecule has 0 spiro atoms. The van der Waals surface area contributed by atoms with Crippen molar-refractivity contribution in [1.82, 2.24) is 0 Å². The minimum atomic E-state index is -0.510. The van der Waals surface area contributed by atoms with E-state index in [2.05, 4.69) is 24.3 Å². The summed E-state index contributed by atoms with van der Waals surface area (Å²) in [6.07, 6.45) is 0. The maximum absolute atomic E-state index is 13.0. The van der Waals surface area contributed by atoms with E-state index in [0.717, 1.165) is 33.4 Å². The van der Waals surface area contributed by atoms with Gasteiger partial charge in [0, 0.05) is 0 Å². The van der Waals surface area contributed by atoms with Gasteiger partial charge in [-0.15, -0.1) is 0 Å². The normalized spacial score (nSPS) is 12.6. The number of carbonyl (C=O) groups is 2. The summed E-state index contributed by atoms with van der Waals surface area (Å²) in [5, 5.41) is 0. The van der Waals surface area contributed by atoms with Crippen LogP contribution in [0.1, 0.15) is 34.6 Å². The van der Waals surface area contributed by atoms with E-state index in [1.165, 1.54) is 0 Å². The molecule has 0 saturated heterocycles. The number of hydrogen-bond donors (Lipinski definition) is 0. The van der Waals surface area contributed by atoms with E-state index in [9.17, 15) is 9.59 Å². The van der Waals surface area contributed by atoms with Crippen molar-refractivity contribution in [3.8, 4) is 22.3 Å². The van der Waals surface area contributed by atoms with Crippen molar-refractivity contribution in [2.75, 3.05) is 0 Å². The van der Waals surface area contributed by atoms with Crippen LogP contribution in [0.25, 0.3) is 22.3 Å². The molecule has 4 aromatic rings. The van der Waals surface area contributed by atoms with Gasteiger partial charge in [0.2, 0.25) is 0 Å². The molecule has 4 aromatic carbocycles. The molecule has 0 fully saturated rings. The van der Waals surface area contributed by atoms with E-state index in [1.807, 2.05) is 98.8 Å². The third-order valence-electron chi connectivity index (χ3n) is 5.64. The fourth-order valence-corrected chi connectivity index (χ4v) is 15.6. The number of carbonyl (C=O) groups excluding carboxylic acids is 2. The molecule has 0 amide bonds. The molecule has 4 rings (SSSR count). The first-order valence-electron chi connectivity index (χ1n) is 11.2. The van der Waals surface area contributed by atoms with Crippen molar-refractivity contribution >= 4 is 45.7 Å². The number of hydrogen-bond acceptors (Lipinski definition) is 2. The first kappa shape index (κ1) is 24.9. The summed E-state index contributed by atoms with van der Waals surface area (Å²) >= 11 is -1.02. The summed E-state index contributed by atoms with van der Waals surface area (Å²) in [6.45, 7) is 4.10. The summed E-state index contributed by atoms with van der Waals surface area (Å²) in [4.78, 5) is 26.0. The van der Waals surface area contributed by atoms with Crippen molar-refractivity contribution in [3.05, 3.63) is 120 Å². The topological polar surface area (TPSA) is 34.1 Å². The zero-order valence-corrected chi connectivity index (χ0v) is 23.8. The fraction of sp³-hybridized carbons (Fsp3) is 0.133. The molecular formula is C30H26O2Te2. The van der Waals surface area contributed by atoms with Gasteiger partial charge in [0.05, 0.1) is 0 Å². The van der Waals surface area contributed by atoms with Gasteiger partial charge < -0.3 is 0 Å². The van der Waals surface area contributed by atoms with Crippen LogP contribution in [0.2, 0.25) is 7.93 Å². The number of Topliss-reactive ketones (excluding diaryl/α,β-unsaturated/α-hetero) is 2. The third-order valence-corrected chi connectivity index (χ3v) is 22.0. The first-order chi connectivity index (χ1) is 16.5. The molecular weight excluding hydrogens is 648 g/mol. The van der Waals surface area contributed by atoms with Gasteiger partial charge in [-0.1, -0.05) is 0 Å². The Hall–Kier alpha value is -2.20. The Bertz CT molecular complexity index is 1130. The Labute approximate surface area is 218 Å². The van der Waals surface area contributed by atoms with Crippen molar-refractivity contribution < 1.29 is 9.59 Å². The van der Waals surface area contributed by atoms with E-state index in [-0.39, 0.29) is 19.5 Å². The van der Waals surface area contributed by atoms with Gasteiger partial charge in [0.1, 0.15) is 0 Å². The molecule has 0 bridgehead atoms. The molecule has 0 aliphatic carbocycles.